The van der Waals surface area contributed by atoms with Gasteiger partial charge in [0, 0.05) is 23.4 Å². The molecule has 2 saturated heterocycles. The molecule has 4 amide bonds. The van der Waals surface area contributed by atoms with E-state index in [1.54, 1.807) is 30.3 Å². The number of phenolic OH excluding ortho intramolecular Hbond substituents is 1. The lowest BCUT2D eigenvalue weighted by Gasteiger charge is -2.51. The van der Waals surface area contributed by atoms with Gasteiger partial charge in [-0.2, -0.15) is 0 Å². The Morgan fingerprint density at radius 3 is 2.39 bits per heavy atom. The van der Waals surface area contributed by atoms with Gasteiger partial charge in [-0.3, -0.25) is 34.2 Å². The van der Waals surface area contributed by atoms with E-state index in [4.69, 9.17) is 23.2 Å². The van der Waals surface area contributed by atoms with E-state index in [2.05, 4.69) is 15.9 Å². The van der Waals surface area contributed by atoms with E-state index in [-0.39, 0.29) is 35.4 Å². The molecule has 1 saturated carbocycles. The number of nitrogens with zero attached hydrogens (tertiary/aromatic N) is 3. The average molecular weight is 699 g/mol. The van der Waals surface area contributed by atoms with Gasteiger partial charge in [-0.15, -0.1) is 23.2 Å². The zero-order valence-corrected chi connectivity index (χ0v) is 25.8. The summed E-state index contributed by atoms with van der Waals surface area (Å²) in [7, 11) is 0. The van der Waals surface area contributed by atoms with Gasteiger partial charge in [0.15, 0.2) is 9.75 Å². The van der Waals surface area contributed by atoms with Gasteiger partial charge in [-0.25, -0.2) is 4.90 Å². The van der Waals surface area contributed by atoms with Crippen LogP contribution in [0.2, 0.25) is 0 Å². The molecule has 10 nitrogen and oxygen atoms in total. The van der Waals surface area contributed by atoms with Crippen LogP contribution in [0.15, 0.2) is 72.3 Å². The van der Waals surface area contributed by atoms with Gasteiger partial charge in [0.25, 0.3) is 17.5 Å². The molecule has 4 aliphatic rings. The maximum atomic E-state index is 14.2. The highest BCUT2D eigenvalue weighted by molar-refractivity contribution is 9.09. The second kappa shape index (κ2) is 9.85. The van der Waals surface area contributed by atoms with Crippen LogP contribution < -0.4 is 4.90 Å². The van der Waals surface area contributed by atoms with E-state index in [0.29, 0.717) is 21.9 Å². The summed E-state index contributed by atoms with van der Waals surface area (Å²) in [6, 6.07) is 15.5. The molecule has 0 spiro atoms. The molecule has 224 valence electrons. The predicted molar refractivity (Wildman–Crippen MR) is 165 cm³/mol. The fourth-order valence-electron chi connectivity index (χ4n) is 7.66. The normalized spacial score (nSPS) is 31.2. The smallest absolute Gasteiger partial charge is 0.271 e. The number of nitro benzene ring substituents is 1. The first-order valence-corrected chi connectivity index (χ1v) is 15.7. The Bertz CT molecular complexity index is 1880. The summed E-state index contributed by atoms with van der Waals surface area (Å²) < 4.78 is 0. The molecular weight excluding hydrogens is 677 g/mol. The minimum absolute atomic E-state index is 0.00947. The summed E-state index contributed by atoms with van der Waals surface area (Å²) in [4.78, 5) is 64.6. The zero-order valence-electron chi connectivity index (χ0n) is 22.7. The molecule has 3 fully saturated rings. The van der Waals surface area contributed by atoms with Crippen molar-refractivity contribution in [2.24, 2.45) is 17.8 Å². The van der Waals surface area contributed by atoms with E-state index in [0.717, 1.165) is 9.80 Å². The third-order valence-electron chi connectivity index (χ3n) is 9.56. The molecule has 7 rings (SSSR count). The van der Waals surface area contributed by atoms with Crippen LogP contribution in [0.25, 0.3) is 10.8 Å². The summed E-state index contributed by atoms with van der Waals surface area (Å²) in [5.41, 5.74) is 0.799. The summed E-state index contributed by atoms with van der Waals surface area (Å²) in [5, 5.41) is 23.2. The van der Waals surface area contributed by atoms with E-state index in [1.807, 2.05) is 6.08 Å². The van der Waals surface area contributed by atoms with E-state index < -0.39 is 62.0 Å². The number of non-ortho nitro benzene ring substituents is 1. The van der Waals surface area contributed by atoms with E-state index in [1.165, 1.54) is 30.3 Å². The lowest BCUT2D eigenvalue weighted by atomic mass is 9.56. The quantitative estimate of drug-likeness (QED) is 0.0966. The van der Waals surface area contributed by atoms with Crippen LogP contribution in [0.5, 0.6) is 5.75 Å². The van der Waals surface area contributed by atoms with Crippen LogP contribution in [0.1, 0.15) is 24.3 Å². The second-order valence-corrected chi connectivity index (χ2v) is 13.2. The van der Waals surface area contributed by atoms with Crippen molar-refractivity contribution in [1.82, 2.24) is 4.90 Å². The number of carbonyl (C=O) groups excluding carboxylic acids is 4. The first kappa shape index (κ1) is 28.9. The van der Waals surface area contributed by atoms with Gasteiger partial charge in [-0.1, -0.05) is 64.0 Å². The van der Waals surface area contributed by atoms with Crippen LogP contribution in [-0.4, -0.2) is 53.8 Å². The average Bonchev–Trinajstić information content (AvgIpc) is 3.35. The van der Waals surface area contributed by atoms with Crippen LogP contribution in [0.4, 0.5) is 11.4 Å². The number of nitro groups is 1. The van der Waals surface area contributed by atoms with Gasteiger partial charge in [0.1, 0.15) is 5.75 Å². The number of halogens is 3. The molecule has 6 unspecified atom stereocenters. The highest BCUT2D eigenvalue weighted by Crippen LogP contribution is 2.66. The molecule has 0 radical (unpaired) electrons. The molecule has 0 aromatic heterocycles. The minimum Gasteiger partial charge on any atom is -0.507 e. The minimum atomic E-state index is -1.99. The van der Waals surface area contributed by atoms with Crippen LogP contribution in [-0.2, 0) is 19.2 Å². The Morgan fingerprint density at radius 1 is 0.955 bits per heavy atom. The number of benzene rings is 3. The van der Waals surface area contributed by atoms with Crippen LogP contribution in [0, 0.1) is 27.9 Å². The largest absolute Gasteiger partial charge is 0.507 e. The van der Waals surface area contributed by atoms with Crippen molar-refractivity contribution in [2.45, 2.75) is 28.5 Å². The number of amides is 4. The Morgan fingerprint density at radius 2 is 1.68 bits per heavy atom. The molecule has 2 aliphatic heterocycles. The highest BCUT2D eigenvalue weighted by Gasteiger charge is 2.76. The van der Waals surface area contributed by atoms with Crippen molar-refractivity contribution in [3.8, 4) is 5.75 Å². The Hall–Kier alpha value is -3.80. The molecule has 13 heteroatoms. The maximum Gasteiger partial charge on any atom is 0.271 e. The van der Waals surface area contributed by atoms with Crippen molar-refractivity contribution in [3.05, 3.63) is 88.0 Å². The number of hydrogen-bond donors (Lipinski definition) is 1. The second-order valence-electron chi connectivity index (χ2n) is 11.5. The van der Waals surface area contributed by atoms with Crippen LogP contribution >= 0.6 is 39.1 Å². The van der Waals surface area contributed by atoms with Gasteiger partial charge < -0.3 is 5.11 Å². The Labute approximate surface area is 268 Å². The fraction of sp³-hybridized carbons (Fsp3) is 0.290. The number of rotatable bonds is 4. The van der Waals surface area contributed by atoms with Gasteiger partial charge in [-0.05, 0) is 41.8 Å². The fourth-order valence-corrected chi connectivity index (χ4v) is 9.07. The molecule has 2 aliphatic carbocycles. The van der Waals surface area contributed by atoms with Gasteiger partial charge in [0.2, 0.25) is 11.8 Å². The molecule has 3 aromatic rings. The number of anilines is 1. The number of carbonyl (C=O) groups is 4. The van der Waals surface area contributed by atoms with Crippen molar-refractivity contribution in [1.29, 1.82) is 0 Å². The third-order valence-corrected chi connectivity index (χ3v) is 11.5. The topological polar surface area (TPSA) is 138 Å². The third kappa shape index (κ3) is 3.60. The Kier molecular flexibility index (Phi) is 6.48. The SMILES string of the molecule is O=C1C2CC=C3C(CC4(Cl)C(=O)N(CBr)C(=O)C4(Cl)C3c3ccc(O)c4ccccc34)C2C(=O)N1c1cccc([N+](=O)[O-])c1. The highest BCUT2D eigenvalue weighted by atomic mass is 79.9. The summed E-state index contributed by atoms with van der Waals surface area (Å²) in [6.07, 6.45) is 1.77. The molecule has 3 aromatic carbocycles. The molecule has 2 heterocycles. The van der Waals surface area contributed by atoms with E-state index in [9.17, 15) is 34.4 Å². The number of hydrogen-bond acceptors (Lipinski definition) is 7. The van der Waals surface area contributed by atoms with Crippen molar-refractivity contribution >= 4 is 84.9 Å². The maximum absolute atomic E-state index is 14.2. The summed E-state index contributed by atoms with van der Waals surface area (Å²) >= 11 is 17.8. The van der Waals surface area contributed by atoms with Crippen molar-refractivity contribution < 1.29 is 29.2 Å². The van der Waals surface area contributed by atoms with Crippen LogP contribution in [0.3, 0.4) is 0 Å². The lowest BCUT2D eigenvalue weighted by molar-refractivity contribution is -0.384. The van der Waals surface area contributed by atoms with Crippen molar-refractivity contribution in [3.63, 3.8) is 0 Å². The number of phenols is 1. The molecule has 1 N–H and O–H groups in total. The van der Waals surface area contributed by atoms with Gasteiger partial charge in [0.05, 0.1) is 27.9 Å². The first-order chi connectivity index (χ1) is 21.0. The number of allylic oxidation sites excluding steroid dienone is 2. The number of alkyl halides is 3. The summed E-state index contributed by atoms with van der Waals surface area (Å²) in [6.45, 7) is 0. The zero-order chi connectivity index (χ0) is 31.3. The number of likely N-dealkylation sites (tertiary alicyclic amines) is 1. The molecule has 6 atom stereocenters. The molecule has 0 bridgehead atoms. The summed E-state index contributed by atoms with van der Waals surface area (Å²) in [5.74, 6) is -5.99. The molecular formula is C31H22BrCl2N3O7. The Balaban J connectivity index is 1.42. The van der Waals surface area contributed by atoms with E-state index >= 15 is 0 Å². The van der Waals surface area contributed by atoms with Gasteiger partial charge >= 0.3 is 0 Å². The molecule has 44 heavy (non-hydrogen) atoms. The lowest BCUT2D eigenvalue weighted by Crippen LogP contribution is -2.60. The number of fused-ring (bicyclic) bond motifs is 5. The monoisotopic (exact) mass is 697 g/mol. The standard InChI is InChI=1S/C31H22BrCl2N3O7/c32-14-35-28(41)30(33)13-22-20(25(31(30,34)29(35)42)19-10-11-23(38)18-7-2-1-6-17(18)19)8-9-21-24(22)27(40)36(26(21)39)15-4-3-5-16(12-15)37(43)44/h1-8,10-12,21-22,24-25,38H,9,13-14H2. The number of imide groups is 2. The van der Waals surface area contributed by atoms with Crippen molar-refractivity contribution in [2.75, 3.05) is 10.4 Å². The predicted octanol–water partition coefficient (Wildman–Crippen LogP) is 5.37. The number of aromatic hydroxyl groups is 1. The first-order valence-electron chi connectivity index (χ1n) is 13.8.